The van der Waals surface area contributed by atoms with E-state index in [0.717, 1.165) is 11.1 Å². The van der Waals surface area contributed by atoms with Crippen LogP contribution in [0.3, 0.4) is 0 Å². The van der Waals surface area contributed by atoms with Crippen LogP contribution in [-0.4, -0.2) is 4.98 Å². The highest BCUT2D eigenvalue weighted by Gasteiger charge is 2.15. The Morgan fingerprint density at radius 2 is 2.00 bits per heavy atom. The van der Waals surface area contributed by atoms with E-state index in [4.69, 9.17) is 4.42 Å². The molecule has 5 heteroatoms. The maximum absolute atomic E-state index is 11.2. The number of aromatic amines is 1. The van der Waals surface area contributed by atoms with Gasteiger partial charge in [0.2, 0.25) is 0 Å². The van der Waals surface area contributed by atoms with Crippen LogP contribution < -0.4 is 5.76 Å². The highest BCUT2D eigenvalue weighted by atomic mass is 79.9. The third-order valence-corrected chi connectivity index (χ3v) is 5.94. The summed E-state index contributed by atoms with van der Waals surface area (Å²) in [5, 5.41) is 1.25. The molecule has 104 valence electrons. The van der Waals surface area contributed by atoms with Gasteiger partial charge >= 0.3 is 5.76 Å². The number of hydrogen-bond donors (Lipinski definition) is 1. The highest BCUT2D eigenvalue weighted by molar-refractivity contribution is 9.09. The second-order valence-electron chi connectivity index (χ2n) is 4.82. The molecule has 0 aliphatic rings. The van der Waals surface area contributed by atoms with Gasteiger partial charge in [-0.15, -0.1) is 11.3 Å². The zero-order valence-electron chi connectivity index (χ0n) is 10.8. The molecule has 0 bridgehead atoms. The summed E-state index contributed by atoms with van der Waals surface area (Å²) >= 11 is 5.51. The molecule has 1 atom stereocenters. The van der Waals surface area contributed by atoms with Crippen molar-refractivity contribution >= 4 is 48.5 Å². The van der Waals surface area contributed by atoms with Gasteiger partial charge in [0.05, 0.1) is 10.3 Å². The van der Waals surface area contributed by atoms with Crippen LogP contribution in [0.25, 0.3) is 21.2 Å². The molecule has 0 spiro atoms. The third-order valence-electron chi connectivity index (χ3n) is 3.43. The Morgan fingerprint density at radius 1 is 1.14 bits per heavy atom. The van der Waals surface area contributed by atoms with Crippen molar-refractivity contribution in [1.82, 2.24) is 4.98 Å². The first kappa shape index (κ1) is 12.9. The van der Waals surface area contributed by atoms with Crippen LogP contribution in [0, 0.1) is 0 Å². The predicted molar refractivity (Wildman–Crippen MR) is 89.4 cm³/mol. The van der Waals surface area contributed by atoms with Gasteiger partial charge in [-0.05, 0) is 35.2 Å². The molecule has 0 fully saturated rings. The molecule has 2 aromatic heterocycles. The molecule has 1 unspecified atom stereocenters. The molecular formula is C16H10BrNO2S. The number of rotatable bonds is 2. The minimum Gasteiger partial charge on any atom is -0.408 e. The van der Waals surface area contributed by atoms with E-state index in [0.29, 0.717) is 5.58 Å². The van der Waals surface area contributed by atoms with Gasteiger partial charge in [0, 0.05) is 9.58 Å². The topological polar surface area (TPSA) is 46.0 Å². The van der Waals surface area contributed by atoms with Crippen molar-refractivity contribution in [3.63, 3.8) is 0 Å². The number of hydrogen-bond acceptors (Lipinski definition) is 3. The number of alkyl halides is 1. The Balaban J connectivity index is 1.80. The molecule has 21 heavy (non-hydrogen) atoms. The smallest absolute Gasteiger partial charge is 0.408 e. The largest absolute Gasteiger partial charge is 0.417 e. The summed E-state index contributed by atoms with van der Waals surface area (Å²) in [5.41, 5.74) is 2.37. The van der Waals surface area contributed by atoms with Crippen molar-refractivity contribution in [2.45, 2.75) is 4.83 Å². The summed E-state index contributed by atoms with van der Waals surface area (Å²) in [5.74, 6) is -0.421. The summed E-state index contributed by atoms with van der Waals surface area (Å²) in [6.07, 6.45) is 0. The Labute approximate surface area is 132 Å². The monoisotopic (exact) mass is 359 g/mol. The van der Waals surface area contributed by atoms with E-state index < -0.39 is 5.76 Å². The number of H-pyrrole nitrogens is 1. The van der Waals surface area contributed by atoms with Gasteiger partial charge in [0.15, 0.2) is 5.58 Å². The number of benzene rings is 2. The van der Waals surface area contributed by atoms with Crippen LogP contribution in [-0.2, 0) is 0 Å². The fourth-order valence-electron chi connectivity index (χ4n) is 2.41. The summed E-state index contributed by atoms with van der Waals surface area (Å²) < 4.78 is 6.39. The van der Waals surface area contributed by atoms with Gasteiger partial charge in [0.25, 0.3) is 0 Å². The van der Waals surface area contributed by atoms with Crippen molar-refractivity contribution in [3.8, 4) is 0 Å². The fraction of sp³-hybridized carbons (Fsp3) is 0.0625. The number of fused-ring (bicyclic) bond motifs is 2. The number of thiophene rings is 1. The van der Waals surface area contributed by atoms with E-state index in [2.05, 4.69) is 39.1 Å². The van der Waals surface area contributed by atoms with E-state index >= 15 is 0 Å². The Bertz CT molecular complexity index is 965. The first-order chi connectivity index (χ1) is 10.2. The highest BCUT2D eigenvalue weighted by Crippen LogP contribution is 2.38. The number of halogens is 1. The second kappa shape index (κ2) is 4.86. The van der Waals surface area contributed by atoms with Crippen molar-refractivity contribution in [3.05, 3.63) is 69.5 Å². The standard InChI is InChI=1S/C16H10BrNO2S/c17-15(14-8-9-3-1-2-4-13(9)21-14)10-5-6-11-12(7-10)20-16(19)18-11/h1-8,15H,(H,18,19). The Hall–Kier alpha value is -1.85. The molecular weight excluding hydrogens is 350 g/mol. The third kappa shape index (κ3) is 2.22. The second-order valence-corrected chi connectivity index (χ2v) is 6.85. The van der Waals surface area contributed by atoms with Gasteiger partial charge in [-0.1, -0.05) is 40.2 Å². The van der Waals surface area contributed by atoms with Crippen LogP contribution >= 0.6 is 27.3 Å². The maximum Gasteiger partial charge on any atom is 0.417 e. The molecule has 3 nitrogen and oxygen atoms in total. The van der Waals surface area contributed by atoms with Crippen LogP contribution in [0.2, 0.25) is 0 Å². The molecule has 0 aliphatic carbocycles. The summed E-state index contributed by atoms with van der Waals surface area (Å²) in [4.78, 5) is 15.2. The van der Waals surface area contributed by atoms with Gasteiger partial charge < -0.3 is 4.42 Å². The van der Waals surface area contributed by atoms with Crippen molar-refractivity contribution in [1.29, 1.82) is 0 Å². The zero-order chi connectivity index (χ0) is 14.4. The van der Waals surface area contributed by atoms with Gasteiger partial charge in [-0.2, -0.15) is 0 Å². The molecule has 4 aromatic rings. The molecule has 0 saturated carbocycles. The minimum atomic E-state index is -0.421. The first-order valence-electron chi connectivity index (χ1n) is 6.46. The number of nitrogens with one attached hydrogen (secondary N) is 1. The van der Waals surface area contributed by atoms with Crippen molar-refractivity contribution < 1.29 is 4.42 Å². The molecule has 2 aromatic carbocycles. The van der Waals surface area contributed by atoms with E-state index in [1.54, 1.807) is 11.3 Å². The number of aromatic nitrogens is 1. The quantitative estimate of drug-likeness (QED) is 0.521. The molecule has 0 saturated heterocycles. The van der Waals surface area contributed by atoms with E-state index in [-0.39, 0.29) is 4.83 Å². The van der Waals surface area contributed by atoms with Gasteiger partial charge in [0.1, 0.15) is 0 Å². The lowest BCUT2D eigenvalue weighted by Crippen LogP contribution is -1.92. The zero-order valence-corrected chi connectivity index (χ0v) is 13.2. The average Bonchev–Trinajstić information content (AvgIpc) is 3.07. The molecule has 0 aliphatic heterocycles. The predicted octanol–water partition coefficient (Wildman–Crippen LogP) is 4.82. The molecule has 4 rings (SSSR count). The van der Waals surface area contributed by atoms with Crippen LogP contribution in [0.5, 0.6) is 0 Å². The van der Waals surface area contributed by atoms with Crippen LogP contribution in [0.4, 0.5) is 0 Å². The lowest BCUT2D eigenvalue weighted by molar-refractivity contribution is 0.555. The van der Waals surface area contributed by atoms with Crippen molar-refractivity contribution in [2.24, 2.45) is 0 Å². The Morgan fingerprint density at radius 3 is 2.86 bits per heavy atom. The molecule has 1 N–H and O–H groups in total. The van der Waals surface area contributed by atoms with Crippen LogP contribution in [0.15, 0.2) is 57.7 Å². The normalized spacial score (nSPS) is 13.0. The minimum absolute atomic E-state index is 0.0829. The van der Waals surface area contributed by atoms with E-state index in [1.165, 1.54) is 15.0 Å². The molecule has 0 radical (unpaired) electrons. The summed E-state index contributed by atoms with van der Waals surface area (Å²) in [7, 11) is 0. The first-order valence-corrected chi connectivity index (χ1v) is 8.19. The SMILES string of the molecule is O=c1[nH]c2ccc(C(Br)c3cc4ccccc4s3)cc2o1. The van der Waals surface area contributed by atoms with Gasteiger partial charge in [-0.25, -0.2) is 4.79 Å². The lowest BCUT2D eigenvalue weighted by atomic mass is 10.1. The summed E-state index contributed by atoms with van der Waals surface area (Å²) in [6.45, 7) is 0. The van der Waals surface area contributed by atoms with E-state index in [9.17, 15) is 4.79 Å². The Kier molecular flexibility index (Phi) is 2.97. The maximum atomic E-state index is 11.2. The molecule has 0 amide bonds. The fourth-order valence-corrected chi connectivity index (χ4v) is 4.18. The average molecular weight is 360 g/mol. The van der Waals surface area contributed by atoms with Crippen LogP contribution in [0.1, 0.15) is 15.3 Å². The van der Waals surface area contributed by atoms with Crippen molar-refractivity contribution in [2.75, 3.05) is 0 Å². The lowest BCUT2D eigenvalue weighted by Gasteiger charge is -2.07. The summed E-state index contributed by atoms with van der Waals surface area (Å²) in [6, 6.07) is 16.3. The van der Waals surface area contributed by atoms with Gasteiger partial charge in [-0.3, -0.25) is 4.98 Å². The van der Waals surface area contributed by atoms with E-state index in [1.807, 2.05) is 30.3 Å². The number of oxazole rings is 1. The molecule has 2 heterocycles.